The Kier molecular flexibility index (Phi) is 4.90. The molecular weight excluding hydrogens is 414 g/mol. The number of para-hydroxylation sites is 2. The van der Waals surface area contributed by atoms with Gasteiger partial charge in [0.05, 0.1) is 16.7 Å². The van der Waals surface area contributed by atoms with Gasteiger partial charge in [-0.05, 0) is 67.1 Å². The van der Waals surface area contributed by atoms with Crippen LogP contribution in [0.15, 0.2) is 110 Å². The van der Waals surface area contributed by atoms with E-state index in [1.807, 2.05) is 30.5 Å². The van der Waals surface area contributed by atoms with Crippen LogP contribution in [0, 0.1) is 18.8 Å². The first-order chi connectivity index (χ1) is 16.8. The van der Waals surface area contributed by atoms with Crippen molar-refractivity contribution in [2.75, 3.05) is 0 Å². The van der Waals surface area contributed by atoms with E-state index in [9.17, 15) is 0 Å². The molecule has 0 aliphatic carbocycles. The van der Waals surface area contributed by atoms with Gasteiger partial charge in [0.2, 0.25) is 0 Å². The van der Waals surface area contributed by atoms with Crippen LogP contribution in [-0.4, -0.2) is 14.5 Å². The van der Waals surface area contributed by atoms with Crippen molar-refractivity contribution in [3.63, 3.8) is 0 Å². The average molecular weight is 436 g/mol. The monoisotopic (exact) mass is 435 g/mol. The summed E-state index contributed by atoms with van der Waals surface area (Å²) in [6, 6.07) is 31.5. The SMILES string of the molecule is Cc1ccnc(-c2cc3c4ccccc4n(-c4ccccc4)c3cc2C#Cc2cccnc2)c1. The van der Waals surface area contributed by atoms with E-state index in [1.54, 1.807) is 12.4 Å². The summed E-state index contributed by atoms with van der Waals surface area (Å²) in [5.74, 6) is 6.71. The standard InChI is InChI=1S/C31H21N3/c1-22-15-17-33-29(18-22)27-20-28-26-11-5-6-12-30(26)34(25-9-3-2-4-10-25)31(28)19-24(27)14-13-23-8-7-16-32-21-23/h2-12,15-21H,1H3. The molecule has 0 atom stereocenters. The summed E-state index contributed by atoms with van der Waals surface area (Å²) in [5, 5.41) is 2.40. The molecule has 0 spiro atoms. The van der Waals surface area contributed by atoms with Crippen molar-refractivity contribution in [2.24, 2.45) is 0 Å². The van der Waals surface area contributed by atoms with Crippen LogP contribution in [0.5, 0.6) is 0 Å². The molecule has 3 heterocycles. The summed E-state index contributed by atoms with van der Waals surface area (Å²) in [5.41, 5.74) is 8.37. The molecule has 0 radical (unpaired) electrons. The highest BCUT2D eigenvalue weighted by Crippen LogP contribution is 2.36. The molecule has 0 aliphatic heterocycles. The largest absolute Gasteiger partial charge is 0.309 e. The molecule has 0 amide bonds. The molecule has 0 N–H and O–H groups in total. The average Bonchev–Trinajstić information content (AvgIpc) is 3.21. The van der Waals surface area contributed by atoms with Crippen LogP contribution in [0.25, 0.3) is 38.8 Å². The van der Waals surface area contributed by atoms with E-state index in [0.717, 1.165) is 33.6 Å². The number of rotatable bonds is 2. The minimum absolute atomic E-state index is 0.884. The van der Waals surface area contributed by atoms with Crippen molar-refractivity contribution < 1.29 is 0 Å². The molecule has 3 nitrogen and oxygen atoms in total. The van der Waals surface area contributed by atoms with Crippen LogP contribution in [0.4, 0.5) is 0 Å². The Hall–Kier alpha value is -4.68. The molecule has 0 saturated heterocycles. The number of benzene rings is 3. The Morgan fingerprint density at radius 3 is 2.38 bits per heavy atom. The summed E-state index contributed by atoms with van der Waals surface area (Å²) in [6.07, 6.45) is 5.41. The van der Waals surface area contributed by atoms with Crippen molar-refractivity contribution in [1.29, 1.82) is 0 Å². The lowest BCUT2D eigenvalue weighted by atomic mass is 9.99. The highest BCUT2D eigenvalue weighted by molar-refractivity contribution is 6.11. The first-order valence-electron chi connectivity index (χ1n) is 11.3. The fourth-order valence-electron chi connectivity index (χ4n) is 4.45. The molecule has 6 rings (SSSR count). The number of pyridine rings is 2. The number of hydrogen-bond donors (Lipinski definition) is 0. The van der Waals surface area contributed by atoms with Gasteiger partial charge in [0.15, 0.2) is 0 Å². The molecule has 6 aromatic rings. The molecule has 0 unspecified atom stereocenters. The Balaban J connectivity index is 1.70. The third-order valence-electron chi connectivity index (χ3n) is 6.02. The molecular formula is C31H21N3. The van der Waals surface area contributed by atoms with Crippen molar-refractivity contribution in [3.05, 3.63) is 126 Å². The van der Waals surface area contributed by atoms with Crippen molar-refractivity contribution in [2.45, 2.75) is 6.92 Å². The zero-order valence-electron chi connectivity index (χ0n) is 18.7. The normalized spacial score (nSPS) is 10.9. The van der Waals surface area contributed by atoms with Crippen LogP contribution in [-0.2, 0) is 0 Å². The summed E-state index contributed by atoms with van der Waals surface area (Å²) in [7, 11) is 0. The van der Waals surface area contributed by atoms with Gasteiger partial charge in [0.1, 0.15) is 0 Å². The van der Waals surface area contributed by atoms with E-state index in [-0.39, 0.29) is 0 Å². The number of aromatic nitrogens is 3. The van der Waals surface area contributed by atoms with E-state index in [1.165, 1.54) is 21.9 Å². The van der Waals surface area contributed by atoms with Crippen molar-refractivity contribution in [1.82, 2.24) is 14.5 Å². The summed E-state index contributed by atoms with van der Waals surface area (Å²) in [6.45, 7) is 2.09. The second-order valence-electron chi connectivity index (χ2n) is 8.31. The van der Waals surface area contributed by atoms with Crippen LogP contribution in [0.3, 0.4) is 0 Å². The van der Waals surface area contributed by atoms with Crippen LogP contribution in [0.1, 0.15) is 16.7 Å². The predicted octanol–water partition coefficient (Wildman–Crippen LogP) is 6.95. The van der Waals surface area contributed by atoms with Gasteiger partial charge in [0, 0.05) is 51.7 Å². The van der Waals surface area contributed by atoms with Crippen molar-refractivity contribution >= 4 is 21.8 Å². The van der Waals surface area contributed by atoms with E-state index < -0.39 is 0 Å². The highest BCUT2D eigenvalue weighted by Gasteiger charge is 2.16. The molecule has 0 fully saturated rings. The zero-order valence-corrected chi connectivity index (χ0v) is 18.7. The molecule has 3 heteroatoms. The van der Waals surface area contributed by atoms with E-state index >= 15 is 0 Å². The summed E-state index contributed by atoms with van der Waals surface area (Å²) >= 11 is 0. The molecule has 3 aromatic heterocycles. The van der Waals surface area contributed by atoms with Gasteiger partial charge in [0.25, 0.3) is 0 Å². The first kappa shape index (κ1) is 20.0. The van der Waals surface area contributed by atoms with Crippen molar-refractivity contribution in [3.8, 4) is 28.8 Å². The number of aryl methyl sites for hydroxylation is 1. The molecule has 160 valence electrons. The lowest BCUT2D eigenvalue weighted by molar-refractivity contribution is 1.18. The maximum Gasteiger partial charge on any atom is 0.0717 e. The number of nitrogens with zero attached hydrogens (tertiary/aromatic N) is 3. The van der Waals surface area contributed by atoms with Gasteiger partial charge in [-0.25, -0.2) is 0 Å². The van der Waals surface area contributed by atoms with Gasteiger partial charge in [-0.3, -0.25) is 9.97 Å². The molecule has 34 heavy (non-hydrogen) atoms. The minimum Gasteiger partial charge on any atom is -0.309 e. The maximum absolute atomic E-state index is 4.69. The van der Waals surface area contributed by atoms with E-state index in [2.05, 4.69) is 95.0 Å². The van der Waals surface area contributed by atoms with Gasteiger partial charge >= 0.3 is 0 Å². The summed E-state index contributed by atoms with van der Waals surface area (Å²) < 4.78 is 2.31. The Bertz CT molecular complexity index is 1700. The van der Waals surface area contributed by atoms with Crippen LogP contribution < -0.4 is 0 Å². The first-order valence-corrected chi connectivity index (χ1v) is 11.3. The zero-order chi connectivity index (χ0) is 22.9. The van der Waals surface area contributed by atoms with Gasteiger partial charge in [-0.1, -0.05) is 48.2 Å². The van der Waals surface area contributed by atoms with Crippen LogP contribution in [0.2, 0.25) is 0 Å². The molecule has 3 aromatic carbocycles. The van der Waals surface area contributed by atoms with Crippen LogP contribution >= 0.6 is 0 Å². The fourth-order valence-corrected chi connectivity index (χ4v) is 4.45. The second-order valence-corrected chi connectivity index (χ2v) is 8.31. The third-order valence-corrected chi connectivity index (χ3v) is 6.02. The number of hydrogen-bond acceptors (Lipinski definition) is 2. The topological polar surface area (TPSA) is 30.7 Å². The molecule has 0 saturated carbocycles. The minimum atomic E-state index is 0.884. The smallest absolute Gasteiger partial charge is 0.0717 e. The Morgan fingerprint density at radius 2 is 1.56 bits per heavy atom. The fraction of sp³-hybridized carbons (Fsp3) is 0.0323. The quantitative estimate of drug-likeness (QED) is 0.276. The summed E-state index contributed by atoms with van der Waals surface area (Å²) in [4.78, 5) is 8.89. The maximum atomic E-state index is 4.69. The van der Waals surface area contributed by atoms with E-state index in [4.69, 9.17) is 4.98 Å². The Morgan fingerprint density at radius 1 is 0.706 bits per heavy atom. The van der Waals surface area contributed by atoms with E-state index in [0.29, 0.717) is 0 Å². The lowest BCUT2D eigenvalue weighted by Gasteiger charge is -2.10. The van der Waals surface area contributed by atoms with Gasteiger partial charge < -0.3 is 4.57 Å². The number of fused-ring (bicyclic) bond motifs is 3. The predicted molar refractivity (Wildman–Crippen MR) is 139 cm³/mol. The molecule has 0 aliphatic rings. The van der Waals surface area contributed by atoms with Gasteiger partial charge in [-0.2, -0.15) is 0 Å². The Labute approximate surface area is 198 Å². The second kappa shape index (κ2) is 8.35. The molecule has 0 bridgehead atoms. The third kappa shape index (κ3) is 3.52. The van der Waals surface area contributed by atoms with Gasteiger partial charge in [-0.15, -0.1) is 0 Å². The lowest BCUT2D eigenvalue weighted by Crippen LogP contribution is -1.95. The highest BCUT2D eigenvalue weighted by atomic mass is 15.0.